The highest BCUT2D eigenvalue weighted by molar-refractivity contribution is 9.10. The maximum atomic E-state index is 12.4. The van der Waals surface area contributed by atoms with Crippen molar-refractivity contribution in [3.8, 4) is 0 Å². The Kier molecular flexibility index (Phi) is 5.39. The maximum Gasteiger partial charge on any atom is 0.253 e. The SMILES string of the molecule is CCNc1cc(C)ccc1C(=O)NCc1ccccc1Br. The Labute approximate surface area is 133 Å². The minimum Gasteiger partial charge on any atom is -0.385 e. The van der Waals surface area contributed by atoms with Gasteiger partial charge in [0, 0.05) is 23.2 Å². The van der Waals surface area contributed by atoms with Gasteiger partial charge in [0.05, 0.1) is 5.56 Å². The number of aryl methyl sites for hydroxylation is 1. The molecule has 0 spiro atoms. The Bertz CT molecular complexity index is 640. The van der Waals surface area contributed by atoms with Crippen molar-refractivity contribution >= 4 is 27.5 Å². The van der Waals surface area contributed by atoms with Crippen molar-refractivity contribution in [2.45, 2.75) is 20.4 Å². The normalized spacial score (nSPS) is 10.2. The number of amides is 1. The van der Waals surface area contributed by atoms with Crippen LogP contribution in [0.25, 0.3) is 0 Å². The molecule has 2 rings (SSSR count). The highest BCUT2D eigenvalue weighted by Gasteiger charge is 2.11. The summed E-state index contributed by atoms with van der Waals surface area (Å²) in [5.74, 6) is -0.0679. The van der Waals surface area contributed by atoms with Crippen molar-refractivity contribution in [2.75, 3.05) is 11.9 Å². The van der Waals surface area contributed by atoms with E-state index in [4.69, 9.17) is 0 Å². The van der Waals surface area contributed by atoms with Gasteiger partial charge in [-0.2, -0.15) is 0 Å². The number of halogens is 1. The van der Waals surface area contributed by atoms with Gasteiger partial charge < -0.3 is 10.6 Å². The third kappa shape index (κ3) is 4.08. The summed E-state index contributed by atoms with van der Waals surface area (Å²) >= 11 is 3.49. The second kappa shape index (κ2) is 7.27. The third-order valence-corrected chi connectivity index (χ3v) is 3.96. The zero-order valence-corrected chi connectivity index (χ0v) is 13.8. The van der Waals surface area contributed by atoms with Crippen LogP contribution in [0.4, 0.5) is 5.69 Å². The molecule has 0 atom stereocenters. The molecule has 0 bridgehead atoms. The molecular formula is C17H19BrN2O. The average molecular weight is 347 g/mol. The maximum absolute atomic E-state index is 12.4. The zero-order valence-electron chi connectivity index (χ0n) is 12.2. The van der Waals surface area contributed by atoms with E-state index in [9.17, 15) is 4.79 Å². The first-order chi connectivity index (χ1) is 10.1. The molecule has 2 N–H and O–H groups in total. The number of hydrogen-bond acceptors (Lipinski definition) is 2. The Balaban J connectivity index is 2.12. The van der Waals surface area contributed by atoms with E-state index in [2.05, 4.69) is 26.6 Å². The van der Waals surface area contributed by atoms with Gasteiger partial charge >= 0.3 is 0 Å². The van der Waals surface area contributed by atoms with Crippen LogP contribution in [-0.4, -0.2) is 12.5 Å². The molecule has 3 nitrogen and oxygen atoms in total. The summed E-state index contributed by atoms with van der Waals surface area (Å²) in [6.07, 6.45) is 0. The van der Waals surface area contributed by atoms with Gasteiger partial charge in [0.15, 0.2) is 0 Å². The molecule has 0 heterocycles. The number of benzene rings is 2. The lowest BCUT2D eigenvalue weighted by molar-refractivity contribution is 0.0951. The van der Waals surface area contributed by atoms with Crippen LogP contribution >= 0.6 is 15.9 Å². The first kappa shape index (κ1) is 15.6. The lowest BCUT2D eigenvalue weighted by Crippen LogP contribution is -2.24. The monoisotopic (exact) mass is 346 g/mol. The molecule has 0 radical (unpaired) electrons. The van der Waals surface area contributed by atoms with Crippen LogP contribution in [-0.2, 0) is 6.54 Å². The number of hydrogen-bond donors (Lipinski definition) is 2. The molecule has 0 saturated carbocycles. The van der Waals surface area contributed by atoms with Crippen molar-refractivity contribution < 1.29 is 4.79 Å². The lowest BCUT2D eigenvalue weighted by atomic mass is 10.1. The fourth-order valence-electron chi connectivity index (χ4n) is 2.11. The van der Waals surface area contributed by atoms with E-state index in [1.54, 1.807) is 0 Å². The van der Waals surface area contributed by atoms with Crippen LogP contribution in [0.2, 0.25) is 0 Å². The van der Waals surface area contributed by atoms with Crippen LogP contribution in [0, 0.1) is 6.92 Å². The van der Waals surface area contributed by atoms with E-state index in [1.165, 1.54) is 0 Å². The van der Waals surface area contributed by atoms with E-state index in [-0.39, 0.29) is 5.91 Å². The Morgan fingerprint density at radius 1 is 1.19 bits per heavy atom. The average Bonchev–Trinajstić information content (AvgIpc) is 2.46. The quantitative estimate of drug-likeness (QED) is 0.854. The summed E-state index contributed by atoms with van der Waals surface area (Å²) in [5.41, 5.74) is 3.74. The van der Waals surface area contributed by atoms with Crippen LogP contribution < -0.4 is 10.6 Å². The number of carbonyl (C=O) groups excluding carboxylic acids is 1. The van der Waals surface area contributed by atoms with Crippen LogP contribution in [0.15, 0.2) is 46.9 Å². The minimum absolute atomic E-state index is 0.0679. The number of rotatable bonds is 5. The third-order valence-electron chi connectivity index (χ3n) is 3.18. The summed E-state index contributed by atoms with van der Waals surface area (Å²) in [6, 6.07) is 13.7. The Morgan fingerprint density at radius 2 is 1.95 bits per heavy atom. The van der Waals surface area contributed by atoms with E-state index in [0.717, 1.165) is 27.8 Å². The van der Waals surface area contributed by atoms with E-state index in [0.29, 0.717) is 12.1 Å². The first-order valence-corrected chi connectivity index (χ1v) is 7.77. The molecule has 2 aromatic rings. The molecule has 0 aliphatic heterocycles. The summed E-state index contributed by atoms with van der Waals surface area (Å²) in [6.45, 7) is 5.32. The fraction of sp³-hybridized carbons (Fsp3) is 0.235. The van der Waals surface area contributed by atoms with Gasteiger partial charge in [0.2, 0.25) is 0 Å². The molecule has 4 heteroatoms. The minimum atomic E-state index is -0.0679. The predicted molar refractivity (Wildman–Crippen MR) is 90.7 cm³/mol. The van der Waals surface area contributed by atoms with Crippen molar-refractivity contribution in [3.63, 3.8) is 0 Å². The summed E-state index contributed by atoms with van der Waals surface area (Å²) in [7, 11) is 0. The molecule has 110 valence electrons. The van der Waals surface area contributed by atoms with Crippen molar-refractivity contribution in [3.05, 3.63) is 63.6 Å². The lowest BCUT2D eigenvalue weighted by Gasteiger charge is -2.12. The second-order valence-electron chi connectivity index (χ2n) is 4.85. The summed E-state index contributed by atoms with van der Waals surface area (Å²) < 4.78 is 1.00. The molecule has 0 unspecified atom stereocenters. The summed E-state index contributed by atoms with van der Waals surface area (Å²) in [4.78, 5) is 12.4. The highest BCUT2D eigenvalue weighted by Crippen LogP contribution is 2.19. The second-order valence-corrected chi connectivity index (χ2v) is 5.71. The Hall–Kier alpha value is -1.81. The van der Waals surface area contributed by atoms with Crippen molar-refractivity contribution in [1.29, 1.82) is 0 Å². The van der Waals surface area contributed by atoms with Gasteiger partial charge in [-0.3, -0.25) is 4.79 Å². The standard InChI is InChI=1S/C17H19BrN2O/c1-3-19-16-10-12(2)8-9-14(16)17(21)20-11-13-6-4-5-7-15(13)18/h4-10,19H,3,11H2,1-2H3,(H,20,21). The van der Waals surface area contributed by atoms with Gasteiger partial charge in [0.25, 0.3) is 5.91 Å². The van der Waals surface area contributed by atoms with Gasteiger partial charge in [-0.1, -0.05) is 40.2 Å². The molecule has 0 aromatic heterocycles. The van der Waals surface area contributed by atoms with Crippen LogP contribution in [0.1, 0.15) is 28.4 Å². The molecule has 0 aliphatic carbocycles. The topological polar surface area (TPSA) is 41.1 Å². The molecule has 0 aliphatic rings. The molecular weight excluding hydrogens is 328 g/mol. The van der Waals surface area contributed by atoms with Gasteiger partial charge in [0.1, 0.15) is 0 Å². The largest absolute Gasteiger partial charge is 0.385 e. The van der Waals surface area contributed by atoms with Gasteiger partial charge in [-0.15, -0.1) is 0 Å². The molecule has 1 amide bonds. The molecule has 21 heavy (non-hydrogen) atoms. The van der Waals surface area contributed by atoms with E-state index >= 15 is 0 Å². The van der Waals surface area contributed by atoms with Crippen LogP contribution in [0.5, 0.6) is 0 Å². The first-order valence-electron chi connectivity index (χ1n) is 6.98. The van der Waals surface area contributed by atoms with Gasteiger partial charge in [-0.25, -0.2) is 0 Å². The smallest absolute Gasteiger partial charge is 0.253 e. The zero-order chi connectivity index (χ0) is 15.2. The van der Waals surface area contributed by atoms with E-state index < -0.39 is 0 Å². The highest BCUT2D eigenvalue weighted by atomic mass is 79.9. The molecule has 0 fully saturated rings. The van der Waals surface area contributed by atoms with Gasteiger partial charge in [-0.05, 0) is 43.2 Å². The number of nitrogens with one attached hydrogen (secondary N) is 2. The molecule has 0 saturated heterocycles. The number of anilines is 1. The van der Waals surface area contributed by atoms with Crippen molar-refractivity contribution in [1.82, 2.24) is 5.32 Å². The predicted octanol–water partition coefficient (Wildman–Crippen LogP) is 4.12. The summed E-state index contributed by atoms with van der Waals surface area (Å²) in [5, 5.41) is 6.20. The number of carbonyl (C=O) groups is 1. The van der Waals surface area contributed by atoms with Crippen LogP contribution in [0.3, 0.4) is 0 Å². The Morgan fingerprint density at radius 3 is 2.67 bits per heavy atom. The fourth-order valence-corrected chi connectivity index (χ4v) is 2.53. The molecule has 2 aromatic carbocycles. The van der Waals surface area contributed by atoms with Crippen molar-refractivity contribution in [2.24, 2.45) is 0 Å². The van der Waals surface area contributed by atoms with E-state index in [1.807, 2.05) is 56.3 Å².